The predicted molar refractivity (Wildman–Crippen MR) is 84.7 cm³/mol. The lowest BCUT2D eigenvalue weighted by atomic mass is 10.1. The van der Waals surface area contributed by atoms with Crippen LogP contribution in [0.2, 0.25) is 0 Å². The number of carbonyl (C=O) groups is 1. The Labute approximate surface area is 129 Å². The number of oxime groups is 2. The Hall–Kier alpha value is -2.57. The van der Waals surface area contributed by atoms with Crippen LogP contribution in [0, 0.1) is 0 Å². The topological polar surface area (TPSA) is 83.7 Å². The molecule has 0 spiro atoms. The molecule has 0 unspecified atom stereocenters. The van der Waals surface area contributed by atoms with Gasteiger partial charge in [0.2, 0.25) is 0 Å². The lowest BCUT2D eigenvalue weighted by Crippen LogP contribution is -2.31. The van der Waals surface area contributed by atoms with Gasteiger partial charge in [0, 0.05) is 12.1 Å². The molecule has 0 fully saturated rings. The average Bonchev–Trinajstić information content (AvgIpc) is 2.55. The van der Waals surface area contributed by atoms with Crippen molar-refractivity contribution in [2.75, 3.05) is 18.6 Å². The van der Waals surface area contributed by atoms with E-state index >= 15 is 0 Å². The van der Waals surface area contributed by atoms with Gasteiger partial charge in [-0.05, 0) is 26.8 Å². The third-order valence-corrected chi connectivity index (χ3v) is 3.09. The van der Waals surface area contributed by atoms with Crippen LogP contribution in [-0.4, -0.2) is 36.4 Å². The molecule has 1 aromatic rings. The molecule has 0 atom stereocenters. The zero-order chi connectivity index (χ0) is 16.5. The Morgan fingerprint density at radius 3 is 2.55 bits per heavy atom. The molecule has 0 saturated heterocycles. The van der Waals surface area contributed by atoms with E-state index in [1.54, 1.807) is 13.8 Å². The molecule has 1 aromatic carbocycles. The molecule has 0 radical (unpaired) electrons. The second-order valence-electron chi connectivity index (χ2n) is 4.48. The summed E-state index contributed by atoms with van der Waals surface area (Å²) >= 11 is 0. The van der Waals surface area contributed by atoms with E-state index in [0.29, 0.717) is 23.7 Å². The van der Waals surface area contributed by atoms with Crippen LogP contribution in [0.25, 0.3) is 0 Å². The molecule has 22 heavy (non-hydrogen) atoms. The number of rotatable bonds is 6. The fraction of sp³-hybridized carbons (Fsp3) is 0.400. The van der Waals surface area contributed by atoms with Gasteiger partial charge >= 0.3 is 6.09 Å². The maximum absolute atomic E-state index is 11.8. The van der Waals surface area contributed by atoms with E-state index in [4.69, 9.17) is 14.8 Å². The number of benzene rings is 1. The molecule has 7 nitrogen and oxygen atoms in total. The van der Waals surface area contributed by atoms with Crippen molar-refractivity contribution in [2.45, 2.75) is 27.4 Å². The summed E-state index contributed by atoms with van der Waals surface area (Å²) in [7, 11) is 1.34. The summed E-state index contributed by atoms with van der Waals surface area (Å²) in [6.45, 7) is 5.81. The number of nitrogens with zero attached hydrogens (tertiary/aromatic N) is 3. The van der Waals surface area contributed by atoms with Crippen LogP contribution in [0.15, 0.2) is 34.6 Å². The number of hydrogen-bond donors (Lipinski definition) is 1. The minimum absolute atomic E-state index is 0.180. The van der Waals surface area contributed by atoms with Crippen molar-refractivity contribution < 1.29 is 19.6 Å². The molecule has 1 rings (SSSR count). The van der Waals surface area contributed by atoms with Gasteiger partial charge in [-0.2, -0.15) is 0 Å². The van der Waals surface area contributed by atoms with Crippen LogP contribution in [0.4, 0.5) is 10.5 Å². The van der Waals surface area contributed by atoms with Crippen molar-refractivity contribution in [3.8, 4) is 0 Å². The number of anilines is 1. The van der Waals surface area contributed by atoms with Crippen LogP contribution in [0.3, 0.4) is 0 Å². The Balaban J connectivity index is 2.91. The molecule has 7 heteroatoms. The highest BCUT2D eigenvalue weighted by molar-refractivity contribution is 6.40. The SMILES string of the molecule is CCN(C(=O)OC)c1ccccc1CO/N=C(C)/C(C)=N/O. The first-order valence-corrected chi connectivity index (χ1v) is 6.84. The van der Waals surface area contributed by atoms with Gasteiger partial charge in [0.1, 0.15) is 18.0 Å². The van der Waals surface area contributed by atoms with Crippen LogP contribution >= 0.6 is 0 Å². The van der Waals surface area contributed by atoms with E-state index in [2.05, 4.69) is 10.3 Å². The van der Waals surface area contributed by atoms with E-state index in [1.165, 1.54) is 12.0 Å². The minimum Gasteiger partial charge on any atom is -0.452 e. The van der Waals surface area contributed by atoms with Crippen LogP contribution in [-0.2, 0) is 16.2 Å². The molecule has 0 heterocycles. The lowest BCUT2D eigenvalue weighted by molar-refractivity contribution is 0.131. The normalized spacial score (nSPS) is 12.0. The number of methoxy groups -OCH3 is 1. The predicted octanol–water partition coefficient (Wildman–Crippen LogP) is 3.02. The Morgan fingerprint density at radius 2 is 1.95 bits per heavy atom. The summed E-state index contributed by atoms with van der Waals surface area (Å²) in [5, 5.41) is 15.6. The van der Waals surface area contributed by atoms with Crippen LogP contribution in [0.5, 0.6) is 0 Å². The van der Waals surface area contributed by atoms with Gasteiger partial charge in [0.25, 0.3) is 0 Å². The first-order valence-electron chi connectivity index (χ1n) is 6.84. The van der Waals surface area contributed by atoms with Crippen molar-refractivity contribution in [3.05, 3.63) is 29.8 Å². The van der Waals surface area contributed by atoms with E-state index in [0.717, 1.165) is 5.56 Å². The standard InChI is InChI=1S/C15H21N3O4/c1-5-18(15(19)21-4)14-9-7-6-8-13(14)10-22-17-12(3)11(2)16-20/h6-9,20H,5,10H2,1-4H3/b16-11+,17-12+. The van der Waals surface area contributed by atoms with Crippen molar-refractivity contribution in [2.24, 2.45) is 10.3 Å². The third kappa shape index (κ3) is 4.47. The van der Waals surface area contributed by atoms with E-state index in [1.807, 2.05) is 31.2 Å². The van der Waals surface area contributed by atoms with Crippen molar-refractivity contribution in [3.63, 3.8) is 0 Å². The largest absolute Gasteiger partial charge is 0.452 e. The zero-order valence-corrected chi connectivity index (χ0v) is 13.2. The summed E-state index contributed by atoms with van der Waals surface area (Å²) < 4.78 is 4.78. The van der Waals surface area contributed by atoms with Crippen molar-refractivity contribution in [1.82, 2.24) is 0 Å². The summed E-state index contributed by atoms with van der Waals surface area (Å²) in [5.41, 5.74) is 2.35. The van der Waals surface area contributed by atoms with E-state index < -0.39 is 6.09 Å². The van der Waals surface area contributed by atoms with E-state index in [-0.39, 0.29) is 6.61 Å². The smallest absolute Gasteiger partial charge is 0.413 e. The Bertz CT molecular complexity index is 570. The van der Waals surface area contributed by atoms with Gasteiger partial charge in [-0.15, -0.1) is 0 Å². The fourth-order valence-electron chi connectivity index (χ4n) is 1.74. The van der Waals surface area contributed by atoms with Crippen molar-refractivity contribution in [1.29, 1.82) is 0 Å². The van der Waals surface area contributed by atoms with Gasteiger partial charge in [0.05, 0.1) is 12.8 Å². The highest BCUT2D eigenvalue weighted by Crippen LogP contribution is 2.22. The molecule has 0 saturated carbocycles. The maximum atomic E-state index is 11.8. The number of carbonyl (C=O) groups excluding carboxylic acids is 1. The van der Waals surface area contributed by atoms with E-state index in [9.17, 15) is 4.79 Å². The monoisotopic (exact) mass is 307 g/mol. The summed E-state index contributed by atoms with van der Waals surface area (Å²) in [6.07, 6.45) is -0.433. The average molecular weight is 307 g/mol. The molecule has 0 aromatic heterocycles. The summed E-state index contributed by atoms with van der Waals surface area (Å²) in [5.74, 6) is 0. The van der Waals surface area contributed by atoms with Crippen LogP contribution in [0.1, 0.15) is 26.3 Å². The fourth-order valence-corrected chi connectivity index (χ4v) is 1.74. The Morgan fingerprint density at radius 1 is 1.27 bits per heavy atom. The number of ether oxygens (including phenoxy) is 1. The molecule has 1 amide bonds. The molecule has 0 aliphatic rings. The van der Waals surface area contributed by atoms with Crippen molar-refractivity contribution >= 4 is 23.2 Å². The molecule has 0 aliphatic heterocycles. The highest BCUT2D eigenvalue weighted by atomic mass is 16.6. The Kier molecular flexibility index (Phi) is 6.88. The first kappa shape index (κ1) is 17.5. The lowest BCUT2D eigenvalue weighted by Gasteiger charge is -2.21. The maximum Gasteiger partial charge on any atom is 0.413 e. The zero-order valence-electron chi connectivity index (χ0n) is 13.2. The van der Waals surface area contributed by atoms with Gasteiger partial charge < -0.3 is 14.8 Å². The summed E-state index contributed by atoms with van der Waals surface area (Å²) in [4.78, 5) is 18.6. The van der Waals surface area contributed by atoms with Gasteiger partial charge in [-0.25, -0.2) is 4.79 Å². The first-order chi connectivity index (χ1) is 10.5. The van der Waals surface area contributed by atoms with Gasteiger partial charge in [0.15, 0.2) is 0 Å². The number of hydrogen-bond acceptors (Lipinski definition) is 6. The summed E-state index contributed by atoms with van der Waals surface area (Å²) in [6, 6.07) is 7.35. The molecule has 0 aliphatic carbocycles. The minimum atomic E-state index is -0.433. The molecule has 0 bridgehead atoms. The molecule has 120 valence electrons. The number of para-hydroxylation sites is 1. The van der Waals surface area contributed by atoms with Gasteiger partial charge in [-0.1, -0.05) is 28.5 Å². The quantitative estimate of drug-likeness (QED) is 0.497. The highest BCUT2D eigenvalue weighted by Gasteiger charge is 2.17. The van der Waals surface area contributed by atoms with Crippen LogP contribution < -0.4 is 4.90 Å². The second kappa shape index (κ2) is 8.66. The number of amides is 1. The molecular weight excluding hydrogens is 286 g/mol. The van der Waals surface area contributed by atoms with Gasteiger partial charge in [-0.3, -0.25) is 4.90 Å². The second-order valence-corrected chi connectivity index (χ2v) is 4.48. The third-order valence-electron chi connectivity index (χ3n) is 3.09. The molecule has 1 N–H and O–H groups in total. The molecular formula is C15H21N3O4.